The van der Waals surface area contributed by atoms with Gasteiger partial charge in [-0.2, -0.15) is 0 Å². The molecule has 3 aromatic carbocycles. The van der Waals surface area contributed by atoms with Crippen LogP contribution in [0.5, 0.6) is 0 Å². The van der Waals surface area contributed by atoms with Gasteiger partial charge in [-0.15, -0.1) is 0 Å². The van der Waals surface area contributed by atoms with Crippen LogP contribution >= 0.6 is 23.2 Å². The van der Waals surface area contributed by atoms with E-state index in [1.165, 1.54) is 0 Å². The highest BCUT2D eigenvalue weighted by Gasteiger charge is 2.14. The first kappa shape index (κ1) is 17.2. The minimum atomic E-state index is -3.51. The number of fused-ring (bicyclic) bond motifs is 1. The normalized spacial score (nSPS) is 11.8. The van der Waals surface area contributed by atoms with Gasteiger partial charge in [0.15, 0.2) is 0 Å². The lowest BCUT2D eigenvalue weighted by Crippen LogP contribution is -2.25. The summed E-state index contributed by atoms with van der Waals surface area (Å²) < 4.78 is 27.3. The van der Waals surface area contributed by atoms with Crippen LogP contribution in [0.1, 0.15) is 11.1 Å². The van der Waals surface area contributed by atoms with Crippen LogP contribution in [0.2, 0.25) is 10.0 Å². The van der Waals surface area contributed by atoms with Crippen molar-refractivity contribution < 1.29 is 8.42 Å². The molecule has 3 nitrogen and oxygen atoms in total. The predicted octanol–water partition coefficient (Wildman–Crippen LogP) is 4.77. The highest BCUT2D eigenvalue weighted by molar-refractivity contribution is 7.88. The smallest absolute Gasteiger partial charge is 0.212 e. The quantitative estimate of drug-likeness (QED) is 0.693. The van der Waals surface area contributed by atoms with E-state index in [9.17, 15) is 8.42 Å². The highest BCUT2D eigenvalue weighted by atomic mass is 35.5. The third-order valence-electron chi connectivity index (χ3n) is 3.72. The summed E-state index contributed by atoms with van der Waals surface area (Å²) in [5.74, 6) is -0.187. The van der Waals surface area contributed by atoms with Crippen molar-refractivity contribution in [2.75, 3.05) is 0 Å². The molecule has 0 atom stereocenters. The summed E-state index contributed by atoms with van der Waals surface area (Å²) in [5, 5.41) is 2.94. The Morgan fingerprint density at radius 1 is 0.875 bits per heavy atom. The first-order valence-electron chi connectivity index (χ1n) is 7.32. The Balaban J connectivity index is 1.77. The number of nitrogens with one attached hydrogen (secondary N) is 1. The van der Waals surface area contributed by atoms with Crippen molar-refractivity contribution in [1.29, 1.82) is 0 Å². The molecule has 0 aromatic heterocycles. The van der Waals surface area contributed by atoms with Crippen molar-refractivity contribution >= 4 is 44.0 Å². The molecular formula is C18H15Cl2NO2S. The predicted molar refractivity (Wildman–Crippen MR) is 99.9 cm³/mol. The van der Waals surface area contributed by atoms with E-state index < -0.39 is 10.0 Å². The highest BCUT2D eigenvalue weighted by Crippen LogP contribution is 2.23. The standard InChI is InChI=1S/C18H15Cl2NO2S/c19-16-9-8-15(18(20)10-16)12-24(22,23)21-11-14-6-3-5-13-4-1-2-7-17(13)14/h1-10,21H,11-12H2. The van der Waals surface area contributed by atoms with Crippen LogP contribution in [0.3, 0.4) is 0 Å². The van der Waals surface area contributed by atoms with Crippen molar-refractivity contribution in [2.45, 2.75) is 12.3 Å². The Bertz CT molecular complexity index is 982. The molecule has 6 heteroatoms. The second-order valence-electron chi connectivity index (χ2n) is 5.45. The van der Waals surface area contributed by atoms with Gasteiger partial charge >= 0.3 is 0 Å². The summed E-state index contributed by atoms with van der Waals surface area (Å²) in [6.45, 7) is 0.231. The van der Waals surface area contributed by atoms with Gasteiger partial charge in [0.1, 0.15) is 0 Å². The van der Waals surface area contributed by atoms with E-state index in [1.54, 1.807) is 18.2 Å². The fourth-order valence-corrected chi connectivity index (χ4v) is 4.22. The van der Waals surface area contributed by atoms with Crippen LogP contribution in [0, 0.1) is 0 Å². The molecule has 0 heterocycles. The molecule has 3 aromatic rings. The van der Waals surface area contributed by atoms with Gasteiger partial charge in [0.25, 0.3) is 0 Å². The number of sulfonamides is 1. The van der Waals surface area contributed by atoms with Gasteiger partial charge in [-0.1, -0.05) is 71.7 Å². The van der Waals surface area contributed by atoms with Crippen LogP contribution in [-0.2, 0) is 22.3 Å². The topological polar surface area (TPSA) is 46.2 Å². The average molecular weight is 380 g/mol. The van der Waals surface area contributed by atoms with Crippen molar-refractivity contribution in [3.63, 3.8) is 0 Å². The maximum atomic E-state index is 12.3. The van der Waals surface area contributed by atoms with Crippen LogP contribution in [0.25, 0.3) is 10.8 Å². The molecule has 0 radical (unpaired) electrons. The van der Waals surface area contributed by atoms with Gasteiger partial charge in [0, 0.05) is 16.6 Å². The summed E-state index contributed by atoms with van der Waals surface area (Å²) in [7, 11) is -3.51. The molecule has 0 spiro atoms. The van der Waals surface area contributed by atoms with Gasteiger partial charge < -0.3 is 0 Å². The van der Waals surface area contributed by atoms with E-state index in [0.717, 1.165) is 16.3 Å². The zero-order chi connectivity index (χ0) is 17.2. The number of rotatable bonds is 5. The van der Waals surface area contributed by atoms with Crippen molar-refractivity contribution in [3.05, 3.63) is 81.8 Å². The van der Waals surface area contributed by atoms with Crippen molar-refractivity contribution in [1.82, 2.24) is 4.72 Å². The molecule has 0 amide bonds. The summed E-state index contributed by atoms with van der Waals surface area (Å²) in [5.41, 5.74) is 1.45. The first-order valence-corrected chi connectivity index (χ1v) is 9.73. The average Bonchev–Trinajstić information content (AvgIpc) is 2.55. The molecule has 0 saturated carbocycles. The number of halogens is 2. The SMILES string of the molecule is O=S(=O)(Cc1ccc(Cl)cc1Cl)NCc1cccc2ccccc12. The molecule has 124 valence electrons. The van der Waals surface area contributed by atoms with Gasteiger partial charge in [-0.3, -0.25) is 0 Å². The number of hydrogen-bond donors (Lipinski definition) is 1. The molecule has 3 rings (SSSR count). The van der Waals surface area contributed by atoms with Crippen molar-refractivity contribution in [2.24, 2.45) is 0 Å². The largest absolute Gasteiger partial charge is 0.216 e. The summed E-state index contributed by atoms with van der Waals surface area (Å²) >= 11 is 11.9. The van der Waals surface area contributed by atoms with Crippen LogP contribution < -0.4 is 4.72 Å². The van der Waals surface area contributed by atoms with Crippen molar-refractivity contribution in [3.8, 4) is 0 Å². The zero-order valence-corrected chi connectivity index (χ0v) is 15.0. The molecule has 0 aliphatic carbocycles. The summed E-state index contributed by atoms with van der Waals surface area (Å²) in [4.78, 5) is 0. The second-order valence-corrected chi connectivity index (χ2v) is 8.10. The van der Waals surface area contributed by atoms with Crippen LogP contribution in [0.4, 0.5) is 0 Å². The Kier molecular flexibility index (Phi) is 5.11. The van der Waals surface area contributed by atoms with Gasteiger partial charge in [0.05, 0.1) is 5.75 Å². The first-order chi connectivity index (χ1) is 11.4. The van der Waals surface area contributed by atoms with Crippen LogP contribution in [0.15, 0.2) is 60.7 Å². The molecule has 24 heavy (non-hydrogen) atoms. The lowest BCUT2D eigenvalue weighted by atomic mass is 10.1. The molecule has 0 aliphatic rings. The molecule has 1 N–H and O–H groups in total. The summed E-state index contributed by atoms with van der Waals surface area (Å²) in [6, 6.07) is 18.5. The van der Waals surface area contributed by atoms with E-state index in [0.29, 0.717) is 15.6 Å². The summed E-state index contributed by atoms with van der Waals surface area (Å²) in [6.07, 6.45) is 0. The zero-order valence-electron chi connectivity index (χ0n) is 12.7. The molecular weight excluding hydrogens is 365 g/mol. The molecule has 0 unspecified atom stereocenters. The molecule has 0 aliphatic heterocycles. The maximum absolute atomic E-state index is 12.3. The van der Waals surface area contributed by atoms with Gasteiger partial charge in [-0.25, -0.2) is 13.1 Å². The lowest BCUT2D eigenvalue weighted by molar-refractivity contribution is 0.580. The number of hydrogen-bond acceptors (Lipinski definition) is 2. The fraction of sp³-hybridized carbons (Fsp3) is 0.111. The minimum absolute atomic E-state index is 0.187. The fourth-order valence-electron chi connectivity index (χ4n) is 2.53. The van der Waals surface area contributed by atoms with E-state index in [-0.39, 0.29) is 12.3 Å². The second kappa shape index (κ2) is 7.11. The van der Waals surface area contributed by atoms with Gasteiger partial charge in [0.2, 0.25) is 10.0 Å². The van der Waals surface area contributed by atoms with Crippen LogP contribution in [-0.4, -0.2) is 8.42 Å². The van der Waals surface area contributed by atoms with E-state index in [4.69, 9.17) is 23.2 Å². The van der Waals surface area contributed by atoms with E-state index >= 15 is 0 Å². The maximum Gasteiger partial charge on any atom is 0.216 e. The third kappa shape index (κ3) is 4.08. The Morgan fingerprint density at radius 2 is 1.62 bits per heavy atom. The van der Waals surface area contributed by atoms with E-state index in [2.05, 4.69) is 4.72 Å². The molecule has 0 saturated heterocycles. The molecule has 0 bridgehead atoms. The van der Waals surface area contributed by atoms with Gasteiger partial charge in [-0.05, 0) is 34.0 Å². The Labute approximate surface area is 151 Å². The lowest BCUT2D eigenvalue weighted by Gasteiger charge is -2.10. The minimum Gasteiger partial charge on any atom is -0.212 e. The Morgan fingerprint density at radius 3 is 2.42 bits per heavy atom. The monoisotopic (exact) mass is 379 g/mol. The molecule has 0 fully saturated rings. The Hall–Kier alpha value is -1.59. The third-order valence-corrected chi connectivity index (χ3v) is 5.59. The number of benzene rings is 3. The van der Waals surface area contributed by atoms with E-state index in [1.807, 2.05) is 42.5 Å².